The van der Waals surface area contributed by atoms with Gasteiger partial charge in [-0.15, -0.1) is 0 Å². The van der Waals surface area contributed by atoms with Crippen LogP contribution in [0, 0.1) is 0 Å². The average Bonchev–Trinajstić information content (AvgIpc) is 2.46. The van der Waals surface area contributed by atoms with Crippen LogP contribution in [0.1, 0.15) is 26.2 Å². The second kappa shape index (κ2) is 9.08. The van der Waals surface area contributed by atoms with Crippen LogP contribution in [0.25, 0.3) is 0 Å². The molecule has 1 unspecified atom stereocenters. The van der Waals surface area contributed by atoms with E-state index in [2.05, 4.69) is 11.9 Å². The molecule has 1 atom stereocenters. The molecule has 0 aliphatic carbocycles. The second-order valence-electron chi connectivity index (χ2n) is 5.18. The Morgan fingerprint density at radius 2 is 1.76 bits per heavy atom. The minimum Gasteiger partial charge on any atom is -0.478 e. The van der Waals surface area contributed by atoms with Gasteiger partial charge in [-0.3, -0.25) is 13.9 Å². The molecule has 0 saturated heterocycles. The standard InChI is InChI=1S/C13H21NO9S2/c1-3-11(15)14-9-13(4-2,25(21,22)23)8-10(12(16)17)6-5-7-24(18,19)20/h3,8H,1,4-7,9H2,2H3,(H,14,15)(H,16,17)(H,18,19,20)(H,21,22,23). The normalized spacial score (nSPS) is 15.2. The number of carbonyl (C=O) groups is 2. The number of aliphatic carboxylic acids is 1. The summed E-state index contributed by atoms with van der Waals surface area (Å²) < 4.78 is 61.0. The first-order valence-corrected chi connectivity index (χ1v) is 10.1. The Labute approximate surface area is 146 Å². The van der Waals surface area contributed by atoms with Crippen LogP contribution >= 0.6 is 0 Å². The Bertz CT molecular complexity index is 752. The van der Waals surface area contributed by atoms with E-state index in [9.17, 15) is 36.1 Å². The van der Waals surface area contributed by atoms with Crippen molar-refractivity contribution in [1.82, 2.24) is 5.32 Å². The van der Waals surface area contributed by atoms with Gasteiger partial charge in [0, 0.05) is 12.1 Å². The summed E-state index contributed by atoms with van der Waals surface area (Å²) in [4.78, 5) is 22.6. The number of amides is 1. The van der Waals surface area contributed by atoms with Crippen LogP contribution in [0.5, 0.6) is 0 Å². The van der Waals surface area contributed by atoms with Gasteiger partial charge in [-0.2, -0.15) is 16.8 Å². The monoisotopic (exact) mass is 399 g/mol. The first-order chi connectivity index (χ1) is 11.3. The van der Waals surface area contributed by atoms with Crippen LogP contribution in [0.3, 0.4) is 0 Å². The largest absolute Gasteiger partial charge is 0.478 e. The fraction of sp³-hybridized carbons (Fsp3) is 0.538. The van der Waals surface area contributed by atoms with Crippen molar-refractivity contribution in [1.29, 1.82) is 0 Å². The van der Waals surface area contributed by atoms with Crippen molar-refractivity contribution in [2.24, 2.45) is 0 Å². The molecule has 12 heteroatoms. The van der Waals surface area contributed by atoms with Crippen molar-refractivity contribution < 1.29 is 40.6 Å². The van der Waals surface area contributed by atoms with Crippen LogP contribution in [0.15, 0.2) is 24.3 Å². The fourth-order valence-electron chi connectivity index (χ4n) is 1.94. The molecule has 0 heterocycles. The van der Waals surface area contributed by atoms with Crippen molar-refractivity contribution in [2.45, 2.75) is 30.9 Å². The highest BCUT2D eigenvalue weighted by molar-refractivity contribution is 7.87. The predicted octanol–water partition coefficient (Wildman–Crippen LogP) is 0.00420. The summed E-state index contributed by atoms with van der Waals surface area (Å²) in [5.74, 6) is -2.96. The molecule has 0 rings (SSSR count). The van der Waals surface area contributed by atoms with E-state index in [0.717, 1.165) is 12.2 Å². The van der Waals surface area contributed by atoms with Gasteiger partial charge in [-0.1, -0.05) is 13.5 Å². The lowest BCUT2D eigenvalue weighted by atomic mass is 9.99. The van der Waals surface area contributed by atoms with Crippen molar-refractivity contribution in [3.8, 4) is 0 Å². The van der Waals surface area contributed by atoms with Crippen molar-refractivity contribution in [3.63, 3.8) is 0 Å². The van der Waals surface area contributed by atoms with Gasteiger partial charge in [-0.05, 0) is 31.4 Å². The molecule has 0 radical (unpaired) electrons. The summed E-state index contributed by atoms with van der Waals surface area (Å²) in [6, 6.07) is 0. The van der Waals surface area contributed by atoms with E-state index in [1.807, 2.05) is 0 Å². The van der Waals surface area contributed by atoms with Gasteiger partial charge >= 0.3 is 5.97 Å². The van der Waals surface area contributed by atoms with Gasteiger partial charge in [0.25, 0.3) is 20.2 Å². The molecular weight excluding hydrogens is 378 g/mol. The first kappa shape index (κ1) is 23.2. The van der Waals surface area contributed by atoms with E-state index in [0.29, 0.717) is 0 Å². The number of hydrogen-bond acceptors (Lipinski definition) is 6. The summed E-state index contributed by atoms with van der Waals surface area (Å²) in [6.45, 7) is 3.94. The topological polar surface area (TPSA) is 175 Å². The van der Waals surface area contributed by atoms with Crippen molar-refractivity contribution in [2.75, 3.05) is 12.3 Å². The third kappa shape index (κ3) is 7.77. The van der Waals surface area contributed by atoms with Gasteiger partial charge in [0.15, 0.2) is 0 Å². The Hall–Kier alpha value is -1.76. The van der Waals surface area contributed by atoms with Crippen LogP contribution in [0.2, 0.25) is 0 Å². The zero-order valence-electron chi connectivity index (χ0n) is 13.5. The molecule has 0 aliphatic heterocycles. The highest BCUT2D eigenvalue weighted by Gasteiger charge is 2.40. The van der Waals surface area contributed by atoms with Gasteiger partial charge in [-0.25, -0.2) is 4.79 Å². The number of nitrogens with one attached hydrogen (secondary N) is 1. The van der Waals surface area contributed by atoms with E-state index in [4.69, 9.17) is 4.55 Å². The zero-order chi connectivity index (χ0) is 19.9. The summed E-state index contributed by atoms with van der Waals surface area (Å²) in [6.07, 6.45) is 0.734. The van der Waals surface area contributed by atoms with E-state index in [-0.39, 0.29) is 19.3 Å². The van der Waals surface area contributed by atoms with E-state index >= 15 is 0 Å². The molecule has 0 aromatic rings. The Morgan fingerprint density at radius 1 is 1.20 bits per heavy atom. The molecule has 0 aliphatic rings. The lowest BCUT2D eigenvalue weighted by molar-refractivity contribution is -0.132. The molecule has 0 aromatic heterocycles. The maximum absolute atomic E-state index is 11.8. The number of carbonyl (C=O) groups excluding carboxylic acids is 1. The van der Waals surface area contributed by atoms with Gasteiger partial charge in [0.2, 0.25) is 5.91 Å². The molecule has 0 fully saturated rings. The number of carboxylic acids is 1. The minimum absolute atomic E-state index is 0.266. The van der Waals surface area contributed by atoms with Gasteiger partial charge in [0.05, 0.1) is 5.75 Å². The molecular formula is C13H21NO9S2. The lowest BCUT2D eigenvalue weighted by Gasteiger charge is -2.27. The molecule has 144 valence electrons. The van der Waals surface area contributed by atoms with Crippen LogP contribution in [-0.4, -0.2) is 60.0 Å². The molecule has 0 spiro atoms. The second-order valence-corrected chi connectivity index (χ2v) is 8.51. The van der Waals surface area contributed by atoms with E-state index < -0.39 is 54.7 Å². The Kier molecular flexibility index (Phi) is 8.44. The van der Waals surface area contributed by atoms with Crippen LogP contribution < -0.4 is 5.32 Å². The molecule has 25 heavy (non-hydrogen) atoms. The fourth-order valence-corrected chi connectivity index (χ4v) is 3.36. The molecule has 10 nitrogen and oxygen atoms in total. The Balaban J connectivity index is 5.78. The van der Waals surface area contributed by atoms with Gasteiger partial charge < -0.3 is 10.4 Å². The third-order valence-corrected chi connectivity index (χ3v) is 5.80. The first-order valence-electron chi connectivity index (χ1n) is 7.05. The average molecular weight is 399 g/mol. The number of carboxylic acid groups (broad SMARTS) is 1. The maximum Gasteiger partial charge on any atom is 0.331 e. The molecule has 0 bridgehead atoms. The van der Waals surface area contributed by atoms with E-state index in [1.54, 1.807) is 0 Å². The quantitative estimate of drug-likeness (QED) is 0.275. The summed E-state index contributed by atoms with van der Waals surface area (Å²) in [7, 11) is -9.12. The summed E-state index contributed by atoms with van der Waals surface area (Å²) >= 11 is 0. The zero-order valence-corrected chi connectivity index (χ0v) is 15.1. The minimum atomic E-state index is -4.82. The lowest BCUT2D eigenvalue weighted by Crippen LogP contribution is -2.47. The summed E-state index contributed by atoms with van der Waals surface area (Å²) in [5.41, 5.74) is -0.476. The van der Waals surface area contributed by atoms with Crippen molar-refractivity contribution >= 4 is 32.1 Å². The van der Waals surface area contributed by atoms with E-state index in [1.165, 1.54) is 6.92 Å². The molecule has 0 aromatic carbocycles. The summed E-state index contributed by atoms with van der Waals surface area (Å²) in [5, 5.41) is 11.4. The van der Waals surface area contributed by atoms with Gasteiger partial charge in [0.1, 0.15) is 4.75 Å². The molecule has 4 N–H and O–H groups in total. The Morgan fingerprint density at radius 3 is 2.12 bits per heavy atom. The highest BCUT2D eigenvalue weighted by atomic mass is 32.2. The predicted molar refractivity (Wildman–Crippen MR) is 89.1 cm³/mol. The number of hydrogen-bond donors (Lipinski definition) is 4. The molecule has 1 amide bonds. The van der Waals surface area contributed by atoms with Crippen LogP contribution in [-0.2, 0) is 29.8 Å². The maximum atomic E-state index is 11.8. The van der Waals surface area contributed by atoms with Crippen LogP contribution in [0.4, 0.5) is 0 Å². The highest BCUT2D eigenvalue weighted by Crippen LogP contribution is 2.25. The third-order valence-electron chi connectivity index (χ3n) is 3.42. The van der Waals surface area contributed by atoms with Crippen molar-refractivity contribution in [3.05, 3.63) is 24.3 Å². The smallest absolute Gasteiger partial charge is 0.331 e. The molecule has 0 saturated carbocycles. The SMILES string of the molecule is C=CC(=O)NCC(C=C(CCCS(=O)(=O)O)C(=O)O)(CC)S(=O)(=O)O. The number of rotatable bonds is 11.